The van der Waals surface area contributed by atoms with E-state index >= 15 is 0 Å². The number of hydrogen-bond donors (Lipinski definition) is 2. The minimum atomic E-state index is -4.34. The number of nitrogens with zero attached hydrogens (tertiary/aromatic N) is 1. The highest BCUT2D eigenvalue weighted by Gasteiger charge is 2.33. The fourth-order valence-corrected chi connectivity index (χ4v) is 6.86. The van der Waals surface area contributed by atoms with Gasteiger partial charge in [0.2, 0.25) is 10.0 Å². The van der Waals surface area contributed by atoms with Crippen LogP contribution in [0.15, 0.2) is 64.4 Å². The van der Waals surface area contributed by atoms with Gasteiger partial charge in [0.1, 0.15) is 4.21 Å². The predicted octanol–water partition coefficient (Wildman–Crippen LogP) is 5.46. The molecule has 0 spiro atoms. The molecule has 0 radical (unpaired) electrons. The third-order valence-electron chi connectivity index (χ3n) is 6.03. The van der Waals surface area contributed by atoms with Crippen molar-refractivity contribution in [2.75, 3.05) is 25.0 Å². The normalized spacial score (nSPS) is 21.3. The van der Waals surface area contributed by atoms with E-state index < -0.39 is 21.8 Å². The first kappa shape index (κ1) is 26.9. The van der Waals surface area contributed by atoms with Crippen molar-refractivity contribution >= 4 is 43.9 Å². The van der Waals surface area contributed by atoms with E-state index in [4.69, 9.17) is 11.6 Å². The van der Waals surface area contributed by atoms with Gasteiger partial charge >= 0.3 is 6.18 Å². The molecule has 1 aliphatic carbocycles. The SMILES string of the molecule is O=C(Nc1ccc(S(=O)(=O)NC2CCCN(CC3C=CC(C(F)(F)F)=CC3)C2)s1)c1ccc(Cl)cc1. The quantitative estimate of drug-likeness (QED) is 0.472. The van der Waals surface area contributed by atoms with Crippen LogP contribution in [0.25, 0.3) is 0 Å². The Morgan fingerprint density at radius 1 is 1.17 bits per heavy atom. The molecule has 2 heterocycles. The van der Waals surface area contributed by atoms with Crippen LogP contribution in [0.3, 0.4) is 0 Å². The summed E-state index contributed by atoms with van der Waals surface area (Å²) in [5, 5.41) is 3.60. The molecule has 1 aliphatic heterocycles. The van der Waals surface area contributed by atoms with E-state index in [1.54, 1.807) is 36.4 Å². The number of sulfonamides is 1. The molecule has 2 N–H and O–H groups in total. The molecule has 2 atom stereocenters. The Balaban J connectivity index is 1.31. The number of rotatable bonds is 7. The molecule has 1 aromatic heterocycles. The lowest BCUT2D eigenvalue weighted by Gasteiger charge is -2.34. The van der Waals surface area contributed by atoms with Crippen LogP contribution in [-0.2, 0) is 10.0 Å². The highest BCUT2D eigenvalue weighted by molar-refractivity contribution is 7.91. The molecule has 1 saturated heterocycles. The minimum absolute atomic E-state index is 0.0458. The molecule has 1 aromatic carbocycles. The summed E-state index contributed by atoms with van der Waals surface area (Å²) in [4.78, 5) is 14.5. The van der Waals surface area contributed by atoms with Crippen molar-refractivity contribution in [2.24, 2.45) is 5.92 Å². The topological polar surface area (TPSA) is 78.5 Å². The molecule has 0 bridgehead atoms. The Morgan fingerprint density at radius 3 is 2.58 bits per heavy atom. The molecule has 1 fully saturated rings. The Labute approximate surface area is 216 Å². The Kier molecular flexibility index (Phi) is 8.25. The number of alkyl halides is 3. The molecule has 1 amide bonds. The van der Waals surface area contributed by atoms with Gasteiger partial charge in [-0.1, -0.05) is 29.8 Å². The molecule has 36 heavy (non-hydrogen) atoms. The van der Waals surface area contributed by atoms with Crippen LogP contribution >= 0.6 is 22.9 Å². The summed E-state index contributed by atoms with van der Waals surface area (Å²) in [5.41, 5.74) is -0.224. The highest BCUT2D eigenvalue weighted by atomic mass is 35.5. The van der Waals surface area contributed by atoms with Crippen molar-refractivity contribution in [1.29, 1.82) is 0 Å². The molecule has 2 aliphatic rings. The van der Waals surface area contributed by atoms with Gasteiger partial charge in [-0.2, -0.15) is 13.2 Å². The van der Waals surface area contributed by atoms with Crippen molar-refractivity contribution in [2.45, 2.75) is 35.7 Å². The lowest BCUT2D eigenvalue weighted by Crippen LogP contribution is -2.48. The third kappa shape index (κ3) is 6.98. The van der Waals surface area contributed by atoms with Crippen LogP contribution in [0.2, 0.25) is 5.02 Å². The van der Waals surface area contributed by atoms with E-state index in [-0.39, 0.29) is 22.1 Å². The maximum Gasteiger partial charge on any atom is 0.416 e. The van der Waals surface area contributed by atoms with Crippen molar-refractivity contribution < 1.29 is 26.4 Å². The molecule has 194 valence electrons. The van der Waals surface area contributed by atoms with Crippen LogP contribution in [0.4, 0.5) is 18.2 Å². The van der Waals surface area contributed by atoms with E-state index in [1.165, 1.54) is 12.1 Å². The molecular formula is C24H25ClF3N3O3S2. The maximum absolute atomic E-state index is 13.0. The first-order valence-corrected chi connectivity index (χ1v) is 14.0. The highest BCUT2D eigenvalue weighted by Crippen LogP contribution is 2.31. The number of halogens is 4. The summed E-state index contributed by atoms with van der Waals surface area (Å²) in [6.07, 6.45) is 1.34. The van der Waals surface area contributed by atoms with Gasteiger partial charge in [0.15, 0.2) is 0 Å². The van der Waals surface area contributed by atoms with E-state index in [2.05, 4.69) is 14.9 Å². The second-order valence-electron chi connectivity index (χ2n) is 8.81. The molecule has 6 nitrogen and oxygen atoms in total. The second kappa shape index (κ2) is 11.1. The van der Waals surface area contributed by atoms with Crippen LogP contribution < -0.4 is 10.0 Å². The molecule has 12 heteroatoms. The monoisotopic (exact) mass is 559 g/mol. The minimum Gasteiger partial charge on any atom is -0.314 e. The van der Waals surface area contributed by atoms with Crippen LogP contribution in [0.1, 0.15) is 29.6 Å². The van der Waals surface area contributed by atoms with Gasteiger partial charge in [-0.3, -0.25) is 4.79 Å². The average molecular weight is 560 g/mol. The average Bonchev–Trinajstić information content (AvgIpc) is 3.29. The number of benzene rings is 1. The Bertz CT molecular complexity index is 1260. The van der Waals surface area contributed by atoms with E-state index in [0.29, 0.717) is 41.5 Å². The largest absolute Gasteiger partial charge is 0.416 e. The fraction of sp³-hybridized carbons (Fsp3) is 0.375. The zero-order chi connectivity index (χ0) is 25.9. The number of carbonyl (C=O) groups is 1. The van der Waals surface area contributed by atoms with Gasteiger partial charge in [-0.15, -0.1) is 11.3 Å². The van der Waals surface area contributed by atoms with Crippen LogP contribution in [-0.4, -0.2) is 51.1 Å². The summed E-state index contributed by atoms with van der Waals surface area (Å²) in [7, 11) is -3.80. The first-order valence-electron chi connectivity index (χ1n) is 11.4. The molecular weight excluding hydrogens is 535 g/mol. The lowest BCUT2D eigenvalue weighted by atomic mass is 9.95. The van der Waals surface area contributed by atoms with Gasteiger partial charge in [-0.25, -0.2) is 13.1 Å². The van der Waals surface area contributed by atoms with Gasteiger partial charge in [0.05, 0.1) is 10.6 Å². The van der Waals surface area contributed by atoms with Gasteiger partial charge in [-0.05, 0) is 68.1 Å². The molecule has 2 aromatic rings. The smallest absolute Gasteiger partial charge is 0.314 e. The zero-order valence-corrected chi connectivity index (χ0v) is 21.5. The number of hydrogen-bond acceptors (Lipinski definition) is 5. The van der Waals surface area contributed by atoms with Crippen LogP contribution in [0.5, 0.6) is 0 Å². The van der Waals surface area contributed by atoms with Crippen LogP contribution in [0, 0.1) is 5.92 Å². The Hall–Kier alpha value is -2.18. The van der Waals surface area contributed by atoms with Crippen molar-refractivity contribution in [3.8, 4) is 0 Å². The summed E-state index contributed by atoms with van der Waals surface area (Å²) in [6, 6.07) is 9.02. The fourth-order valence-electron chi connectivity index (χ4n) is 4.25. The third-order valence-corrected chi connectivity index (χ3v) is 9.29. The number of thiophene rings is 1. The van der Waals surface area contributed by atoms with Gasteiger partial charge in [0.25, 0.3) is 5.91 Å². The van der Waals surface area contributed by atoms with Gasteiger partial charge < -0.3 is 10.2 Å². The first-order chi connectivity index (χ1) is 17.0. The zero-order valence-electron chi connectivity index (χ0n) is 19.1. The van der Waals surface area contributed by atoms with Crippen molar-refractivity contribution in [3.05, 3.63) is 70.8 Å². The maximum atomic E-state index is 13.0. The summed E-state index contributed by atoms with van der Waals surface area (Å²) >= 11 is 6.80. The number of amides is 1. The van der Waals surface area contributed by atoms with Crippen molar-refractivity contribution in [3.63, 3.8) is 0 Å². The standard InChI is InChI=1S/C24H25ClF3N3O3S2/c25-19-9-5-17(6-10-19)23(32)29-21-11-12-22(35-21)36(33,34)30-20-2-1-13-31(15-20)14-16-3-7-18(8-4-16)24(26,27)28/h3,5-12,16,20,30H,1-2,4,13-15H2,(H,29,32). The number of anilines is 1. The number of piperidine rings is 1. The summed E-state index contributed by atoms with van der Waals surface area (Å²) in [5.74, 6) is -0.419. The molecule has 4 rings (SSSR count). The number of carbonyl (C=O) groups excluding carboxylic acids is 1. The number of likely N-dealkylation sites (tertiary alicyclic amines) is 1. The van der Waals surface area contributed by atoms with E-state index in [1.807, 2.05) is 0 Å². The molecule has 2 unspecified atom stereocenters. The summed E-state index contributed by atoms with van der Waals surface area (Å²) < 4.78 is 67.2. The second-order valence-corrected chi connectivity index (χ2v) is 12.3. The number of nitrogens with one attached hydrogen (secondary N) is 2. The van der Waals surface area contributed by atoms with Crippen molar-refractivity contribution in [1.82, 2.24) is 9.62 Å². The van der Waals surface area contributed by atoms with E-state index in [0.717, 1.165) is 30.4 Å². The molecule has 0 saturated carbocycles. The number of allylic oxidation sites excluding steroid dienone is 3. The summed E-state index contributed by atoms with van der Waals surface area (Å²) in [6.45, 7) is 1.81. The van der Waals surface area contributed by atoms with Gasteiger partial charge in [0, 0.05) is 29.7 Å². The lowest BCUT2D eigenvalue weighted by molar-refractivity contribution is -0.0887. The Morgan fingerprint density at radius 2 is 1.92 bits per heavy atom. The predicted molar refractivity (Wildman–Crippen MR) is 135 cm³/mol. The van der Waals surface area contributed by atoms with E-state index in [9.17, 15) is 26.4 Å².